The Morgan fingerprint density at radius 1 is 1.04 bits per heavy atom. The molecule has 0 aliphatic carbocycles. The molecule has 0 bridgehead atoms. The van der Waals surface area contributed by atoms with E-state index in [2.05, 4.69) is 0 Å². The summed E-state index contributed by atoms with van der Waals surface area (Å²) < 4.78 is 15.7. The van der Waals surface area contributed by atoms with Crippen LogP contribution in [0.15, 0.2) is 48.5 Å². The first-order valence-corrected chi connectivity index (χ1v) is 8.59. The van der Waals surface area contributed by atoms with Gasteiger partial charge < -0.3 is 14.2 Å². The van der Waals surface area contributed by atoms with Crippen LogP contribution in [0.1, 0.15) is 33.2 Å². The van der Waals surface area contributed by atoms with E-state index in [-0.39, 0.29) is 6.61 Å². The van der Waals surface area contributed by atoms with Gasteiger partial charge in [-0.15, -0.1) is 0 Å². The van der Waals surface area contributed by atoms with Gasteiger partial charge in [-0.25, -0.2) is 9.69 Å². The second-order valence-electron chi connectivity index (χ2n) is 5.93. The number of carbonyl (C=O) groups excluding carboxylic acids is 3. The molecule has 3 rings (SSSR count). The van der Waals surface area contributed by atoms with Crippen LogP contribution in [0.2, 0.25) is 0 Å². The number of esters is 1. The van der Waals surface area contributed by atoms with Crippen LogP contribution in [0.3, 0.4) is 0 Å². The van der Waals surface area contributed by atoms with E-state index in [1.807, 2.05) is 25.1 Å². The minimum absolute atomic E-state index is 0.297. The van der Waals surface area contributed by atoms with Crippen molar-refractivity contribution in [1.29, 1.82) is 0 Å². The summed E-state index contributed by atoms with van der Waals surface area (Å²) >= 11 is 0. The molecule has 2 aromatic carbocycles. The summed E-state index contributed by atoms with van der Waals surface area (Å²) in [6.07, 6.45) is 3.80. The third-order valence-corrected chi connectivity index (χ3v) is 4.13. The fourth-order valence-electron chi connectivity index (χ4n) is 2.77. The molecule has 0 fully saturated rings. The van der Waals surface area contributed by atoms with E-state index in [4.69, 9.17) is 14.2 Å². The van der Waals surface area contributed by atoms with E-state index < -0.39 is 24.5 Å². The molecule has 144 valence electrons. The smallest absolute Gasteiger partial charge is 0.345 e. The molecule has 1 aliphatic heterocycles. The van der Waals surface area contributed by atoms with Crippen LogP contribution < -0.4 is 9.47 Å². The number of benzene rings is 2. The van der Waals surface area contributed by atoms with E-state index in [0.717, 1.165) is 10.5 Å². The number of rotatable bonds is 7. The molecule has 0 unspecified atom stereocenters. The normalized spacial score (nSPS) is 13.0. The molecule has 0 saturated carbocycles. The SMILES string of the molecule is CC=Cc1ccc(OCC(=O)OCN2C(=O)c3ccccc3C2=O)c(OC)c1. The van der Waals surface area contributed by atoms with Gasteiger partial charge in [0.25, 0.3) is 11.8 Å². The van der Waals surface area contributed by atoms with Crippen molar-refractivity contribution >= 4 is 23.9 Å². The highest BCUT2D eigenvalue weighted by atomic mass is 16.6. The number of imide groups is 1. The van der Waals surface area contributed by atoms with Crippen LogP contribution in [0, 0.1) is 0 Å². The molecule has 0 saturated heterocycles. The van der Waals surface area contributed by atoms with Gasteiger partial charge in [-0.1, -0.05) is 30.4 Å². The number of carbonyl (C=O) groups is 3. The Hall–Kier alpha value is -3.61. The van der Waals surface area contributed by atoms with Crippen molar-refractivity contribution in [1.82, 2.24) is 4.90 Å². The third kappa shape index (κ3) is 3.88. The Labute approximate surface area is 162 Å². The van der Waals surface area contributed by atoms with Gasteiger partial charge in [0.1, 0.15) is 0 Å². The molecule has 0 N–H and O–H groups in total. The van der Waals surface area contributed by atoms with Crippen LogP contribution in [-0.4, -0.2) is 43.1 Å². The zero-order valence-electron chi connectivity index (χ0n) is 15.5. The lowest BCUT2D eigenvalue weighted by atomic mass is 10.1. The molecular formula is C21H19NO6. The first-order valence-electron chi connectivity index (χ1n) is 8.59. The van der Waals surface area contributed by atoms with Crippen molar-refractivity contribution in [3.8, 4) is 11.5 Å². The van der Waals surface area contributed by atoms with E-state index in [1.54, 1.807) is 36.4 Å². The Kier molecular flexibility index (Phi) is 5.74. The maximum absolute atomic E-state index is 12.2. The van der Waals surface area contributed by atoms with Gasteiger partial charge in [0, 0.05) is 0 Å². The minimum Gasteiger partial charge on any atom is -0.493 e. The van der Waals surface area contributed by atoms with Gasteiger partial charge in [-0.3, -0.25) is 9.59 Å². The average Bonchev–Trinajstić information content (AvgIpc) is 2.96. The fraction of sp³-hybridized carbons (Fsp3) is 0.190. The minimum atomic E-state index is -0.712. The third-order valence-electron chi connectivity index (χ3n) is 4.13. The largest absolute Gasteiger partial charge is 0.493 e. The molecule has 1 aliphatic rings. The van der Waals surface area contributed by atoms with Crippen LogP contribution >= 0.6 is 0 Å². The summed E-state index contributed by atoms with van der Waals surface area (Å²) in [6, 6.07) is 11.7. The van der Waals surface area contributed by atoms with Crippen molar-refractivity contribution in [2.45, 2.75) is 6.92 Å². The number of hydrogen-bond donors (Lipinski definition) is 0. The molecule has 0 spiro atoms. The van der Waals surface area contributed by atoms with Crippen LogP contribution in [0.4, 0.5) is 0 Å². The highest BCUT2D eigenvalue weighted by Crippen LogP contribution is 2.28. The van der Waals surface area contributed by atoms with E-state index >= 15 is 0 Å². The standard InChI is InChI=1S/C21H19NO6/c1-3-6-14-9-10-17(18(11-14)26-2)27-12-19(23)28-13-22-20(24)15-7-4-5-8-16(15)21(22)25/h3-11H,12-13H2,1-2H3. The van der Waals surface area contributed by atoms with Gasteiger partial charge in [0.05, 0.1) is 18.2 Å². The number of allylic oxidation sites excluding steroid dienone is 1. The van der Waals surface area contributed by atoms with Gasteiger partial charge >= 0.3 is 5.97 Å². The van der Waals surface area contributed by atoms with E-state index in [1.165, 1.54) is 7.11 Å². The monoisotopic (exact) mass is 381 g/mol. The van der Waals surface area contributed by atoms with Crippen LogP contribution in [-0.2, 0) is 9.53 Å². The van der Waals surface area contributed by atoms with Gasteiger partial charge in [-0.05, 0) is 36.8 Å². The van der Waals surface area contributed by atoms with Crippen molar-refractivity contribution in [3.63, 3.8) is 0 Å². The lowest BCUT2D eigenvalue weighted by Gasteiger charge is -2.15. The molecule has 0 radical (unpaired) electrons. The highest BCUT2D eigenvalue weighted by Gasteiger charge is 2.35. The number of hydrogen-bond acceptors (Lipinski definition) is 6. The molecule has 28 heavy (non-hydrogen) atoms. The summed E-state index contributed by atoms with van der Waals surface area (Å²) in [5.41, 5.74) is 1.52. The molecule has 2 aromatic rings. The van der Waals surface area contributed by atoms with Crippen molar-refractivity contribution in [3.05, 3.63) is 65.2 Å². The maximum Gasteiger partial charge on any atom is 0.345 e. The zero-order valence-corrected chi connectivity index (χ0v) is 15.5. The first kappa shape index (κ1) is 19.2. The average molecular weight is 381 g/mol. The van der Waals surface area contributed by atoms with Crippen molar-refractivity contribution < 1.29 is 28.6 Å². The second kappa shape index (κ2) is 8.39. The fourth-order valence-corrected chi connectivity index (χ4v) is 2.77. The molecule has 1 heterocycles. The van der Waals surface area contributed by atoms with Crippen LogP contribution in [0.5, 0.6) is 11.5 Å². The first-order chi connectivity index (χ1) is 13.5. The summed E-state index contributed by atoms with van der Waals surface area (Å²) in [7, 11) is 1.50. The lowest BCUT2D eigenvalue weighted by Crippen LogP contribution is -2.34. The Morgan fingerprint density at radius 2 is 1.71 bits per heavy atom. The Balaban J connectivity index is 1.56. The van der Waals surface area contributed by atoms with E-state index in [0.29, 0.717) is 22.6 Å². The zero-order chi connectivity index (χ0) is 20.1. The highest BCUT2D eigenvalue weighted by molar-refractivity contribution is 6.21. The summed E-state index contributed by atoms with van der Waals surface area (Å²) in [5.74, 6) is -0.834. The van der Waals surface area contributed by atoms with Gasteiger partial charge in [0.15, 0.2) is 24.8 Å². The molecule has 7 nitrogen and oxygen atoms in total. The quantitative estimate of drug-likeness (QED) is 0.542. The Morgan fingerprint density at radius 3 is 2.32 bits per heavy atom. The summed E-state index contributed by atoms with van der Waals surface area (Å²) in [4.78, 5) is 37.3. The maximum atomic E-state index is 12.2. The topological polar surface area (TPSA) is 82.1 Å². The number of amides is 2. The second-order valence-corrected chi connectivity index (χ2v) is 5.93. The Bertz CT molecular complexity index is 915. The predicted molar refractivity (Wildman–Crippen MR) is 101 cm³/mol. The molecule has 7 heteroatoms. The molecule has 2 amide bonds. The lowest BCUT2D eigenvalue weighted by molar-refractivity contribution is -0.148. The van der Waals surface area contributed by atoms with Crippen molar-refractivity contribution in [2.75, 3.05) is 20.4 Å². The predicted octanol–water partition coefficient (Wildman–Crippen LogP) is 2.90. The number of methoxy groups -OCH3 is 1. The summed E-state index contributed by atoms with van der Waals surface area (Å²) in [5, 5.41) is 0. The van der Waals surface area contributed by atoms with Gasteiger partial charge in [-0.2, -0.15) is 0 Å². The molecule has 0 atom stereocenters. The molecule has 0 aromatic heterocycles. The number of ether oxygens (including phenoxy) is 3. The summed E-state index contributed by atoms with van der Waals surface area (Å²) in [6.45, 7) is 1.05. The van der Waals surface area contributed by atoms with Crippen molar-refractivity contribution in [2.24, 2.45) is 0 Å². The van der Waals surface area contributed by atoms with Crippen LogP contribution in [0.25, 0.3) is 6.08 Å². The molecular weight excluding hydrogens is 362 g/mol. The van der Waals surface area contributed by atoms with Gasteiger partial charge in [0.2, 0.25) is 0 Å². The number of fused-ring (bicyclic) bond motifs is 1. The number of nitrogens with zero attached hydrogens (tertiary/aromatic N) is 1. The van der Waals surface area contributed by atoms with E-state index in [9.17, 15) is 14.4 Å².